The zero-order valence-electron chi connectivity index (χ0n) is 23.4. The topological polar surface area (TPSA) is 96.5 Å². The minimum atomic E-state index is -4.99. The average molecular weight is 711 g/mol. The Bertz CT molecular complexity index is 1640. The molecule has 3 N–H and O–H groups in total. The summed E-state index contributed by atoms with van der Waals surface area (Å²) < 4.78 is 86.6. The highest BCUT2D eigenvalue weighted by atomic mass is 35.5. The van der Waals surface area contributed by atoms with Crippen LogP contribution in [0.4, 0.5) is 37.7 Å². The molecule has 0 spiro atoms. The van der Waals surface area contributed by atoms with Crippen LogP contribution in [-0.4, -0.2) is 41.3 Å². The van der Waals surface area contributed by atoms with Crippen molar-refractivity contribution in [1.82, 2.24) is 5.32 Å². The van der Waals surface area contributed by atoms with E-state index in [0.717, 1.165) is 18.2 Å². The number of nitrogens with one attached hydrogen (secondary N) is 3. The Hall–Kier alpha value is -3.26. The summed E-state index contributed by atoms with van der Waals surface area (Å²) >= 11 is 18.7. The van der Waals surface area contributed by atoms with Gasteiger partial charge in [-0.15, -0.1) is 23.2 Å². The summed E-state index contributed by atoms with van der Waals surface area (Å²) in [6, 6.07) is 3.17. The molecule has 0 bridgehead atoms. The van der Waals surface area contributed by atoms with Gasteiger partial charge in [0.2, 0.25) is 11.8 Å². The molecule has 1 aliphatic heterocycles. The summed E-state index contributed by atoms with van der Waals surface area (Å²) in [7, 11) is 0. The van der Waals surface area contributed by atoms with E-state index in [4.69, 9.17) is 39.5 Å². The summed E-state index contributed by atoms with van der Waals surface area (Å²) in [5.74, 6) is -9.03. The van der Waals surface area contributed by atoms with Gasteiger partial charge < -0.3 is 20.7 Å². The number of benzene rings is 2. The number of ether oxygens (including phenoxy) is 1. The van der Waals surface area contributed by atoms with E-state index < -0.39 is 86.4 Å². The Morgan fingerprint density at radius 1 is 0.978 bits per heavy atom. The van der Waals surface area contributed by atoms with Gasteiger partial charge in [-0.3, -0.25) is 14.4 Å². The van der Waals surface area contributed by atoms with E-state index in [1.54, 1.807) is 0 Å². The number of carbonyl (C=O) groups excluding carboxylic acids is 3. The molecule has 1 saturated heterocycles. The fraction of sp³-hybridized carbons (Fsp3) is 0.367. The fourth-order valence-electron chi connectivity index (χ4n) is 5.39. The van der Waals surface area contributed by atoms with Crippen molar-refractivity contribution in [1.29, 1.82) is 0 Å². The van der Waals surface area contributed by atoms with Crippen molar-refractivity contribution in [2.45, 2.75) is 41.7 Å². The molecule has 0 radical (unpaired) electrons. The molecule has 7 nitrogen and oxygen atoms in total. The van der Waals surface area contributed by atoms with Crippen LogP contribution in [0.25, 0.3) is 0 Å². The molecular weight excluding hydrogens is 687 g/mol. The van der Waals surface area contributed by atoms with Crippen LogP contribution in [0.3, 0.4) is 0 Å². The SMILES string of the molecule is O=C(Nc1ccc(F)c(NC(=O)C2CCCOC2)c1F)C1=CC(NC(=O)[C@H]2[C@H](c3ccc(F)c(C(F)(F)F)c3)C2(Cl)Cl)CC=C1Cl. The molecule has 2 fully saturated rings. The Kier molecular flexibility index (Phi) is 9.70. The van der Waals surface area contributed by atoms with Gasteiger partial charge in [0.15, 0.2) is 5.82 Å². The van der Waals surface area contributed by atoms with Gasteiger partial charge in [-0.2, -0.15) is 13.2 Å². The smallest absolute Gasteiger partial charge is 0.381 e. The monoisotopic (exact) mass is 709 g/mol. The molecule has 46 heavy (non-hydrogen) atoms. The second kappa shape index (κ2) is 13.1. The van der Waals surface area contributed by atoms with Crippen molar-refractivity contribution in [3.63, 3.8) is 0 Å². The van der Waals surface area contributed by atoms with Gasteiger partial charge in [0, 0.05) is 17.6 Å². The molecule has 2 unspecified atom stereocenters. The summed E-state index contributed by atoms with van der Waals surface area (Å²) in [6.07, 6.45) is -1.14. The van der Waals surface area contributed by atoms with Gasteiger partial charge in [-0.05, 0) is 55.2 Å². The molecule has 2 aliphatic carbocycles. The van der Waals surface area contributed by atoms with E-state index in [2.05, 4.69) is 16.0 Å². The van der Waals surface area contributed by atoms with Crippen LogP contribution in [0.5, 0.6) is 0 Å². The number of anilines is 2. The van der Waals surface area contributed by atoms with Gasteiger partial charge in [-0.1, -0.05) is 23.7 Å². The van der Waals surface area contributed by atoms with Crippen molar-refractivity contribution in [2.75, 3.05) is 23.8 Å². The molecule has 3 aliphatic rings. The first-order chi connectivity index (χ1) is 21.6. The number of carbonyl (C=O) groups is 3. The normalized spacial score (nSPS) is 23.9. The van der Waals surface area contributed by atoms with Crippen molar-refractivity contribution >= 4 is 63.9 Å². The van der Waals surface area contributed by atoms with E-state index in [0.29, 0.717) is 31.6 Å². The number of alkyl halides is 5. The van der Waals surface area contributed by atoms with E-state index in [1.807, 2.05) is 0 Å². The largest absolute Gasteiger partial charge is 0.419 e. The summed E-state index contributed by atoms with van der Waals surface area (Å²) in [6.45, 7) is 0.584. The lowest BCUT2D eigenvalue weighted by molar-refractivity contribution is -0.140. The van der Waals surface area contributed by atoms with Crippen LogP contribution < -0.4 is 16.0 Å². The van der Waals surface area contributed by atoms with Crippen LogP contribution in [-0.2, 0) is 25.3 Å². The summed E-state index contributed by atoms with van der Waals surface area (Å²) in [5.41, 5.74) is -3.03. The predicted octanol–water partition coefficient (Wildman–Crippen LogP) is 6.95. The molecule has 246 valence electrons. The van der Waals surface area contributed by atoms with E-state index in [1.165, 1.54) is 12.2 Å². The van der Waals surface area contributed by atoms with Gasteiger partial charge in [0.25, 0.3) is 5.91 Å². The third kappa shape index (κ3) is 7.02. The van der Waals surface area contributed by atoms with Gasteiger partial charge in [0.1, 0.15) is 21.7 Å². The third-order valence-electron chi connectivity index (χ3n) is 7.86. The maximum atomic E-state index is 15.3. The quantitative estimate of drug-likeness (QED) is 0.214. The van der Waals surface area contributed by atoms with E-state index >= 15 is 4.39 Å². The molecule has 5 rings (SSSR count). The zero-order chi connectivity index (χ0) is 33.6. The summed E-state index contributed by atoms with van der Waals surface area (Å²) in [4.78, 5) is 38.7. The first kappa shape index (κ1) is 34.1. The Labute approximate surface area is 273 Å². The maximum absolute atomic E-state index is 15.3. The second-order valence-electron chi connectivity index (χ2n) is 11.0. The molecule has 16 heteroatoms. The van der Waals surface area contributed by atoms with Crippen LogP contribution in [0.2, 0.25) is 0 Å². The standard InChI is InChI=1S/C30H24Cl3F6N3O4/c31-18-5-4-15(40-28(45)23-22(29(23,32)33)13-3-6-19(34)17(10-13)30(37,38)39)11-16(18)27(44)41-21-8-7-20(35)25(24(21)36)42-26(43)14-2-1-9-46-12-14/h3,5-8,10-11,14-15,22-23H,1-2,4,9,12H2,(H,40,45)(H,41,44)(H,42,43)/t14?,15?,22-,23+/m0/s1. The van der Waals surface area contributed by atoms with Crippen LogP contribution in [0.15, 0.2) is 53.1 Å². The highest BCUT2D eigenvalue weighted by Crippen LogP contribution is 2.65. The molecule has 1 saturated carbocycles. The lowest BCUT2D eigenvalue weighted by Crippen LogP contribution is -2.37. The summed E-state index contributed by atoms with van der Waals surface area (Å²) in [5, 5.41) is 7.04. The molecule has 3 amide bonds. The molecule has 1 heterocycles. The molecular formula is C30H24Cl3F6N3O4. The van der Waals surface area contributed by atoms with Crippen LogP contribution in [0, 0.1) is 29.3 Å². The maximum Gasteiger partial charge on any atom is 0.419 e. The van der Waals surface area contributed by atoms with Gasteiger partial charge in [-0.25, -0.2) is 13.2 Å². The van der Waals surface area contributed by atoms with Crippen LogP contribution >= 0.6 is 34.8 Å². The highest BCUT2D eigenvalue weighted by Gasteiger charge is 2.68. The first-order valence-electron chi connectivity index (χ1n) is 13.9. The fourth-order valence-corrected chi connectivity index (χ4v) is 6.46. The van der Waals surface area contributed by atoms with Crippen molar-refractivity contribution < 1.29 is 45.5 Å². The zero-order valence-corrected chi connectivity index (χ0v) is 25.7. The van der Waals surface area contributed by atoms with Gasteiger partial charge in [0.05, 0.1) is 41.3 Å². The van der Waals surface area contributed by atoms with Crippen molar-refractivity contribution in [3.8, 4) is 0 Å². The first-order valence-corrected chi connectivity index (χ1v) is 15.0. The van der Waals surface area contributed by atoms with E-state index in [-0.39, 0.29) is 29.2 Å². The highest BCUT2D eigenvalue weighted by molar-refractivity contribution is 6.53. The average Bonchev–Trinajstić information content (AvgIpc) is 3.59. The Morgan fingerprint density at radius 2 is 1.70 bits per heavy atom. The number of amides is 3. The number of hydrogen-bond acceptors (Lipinski definition) is 4. The predicted molar refractivity (Wildman–Crippen MR) is 158 cm³/mol. The lowest BCUT2D eigenvalue weighted by atomic mass is 10.0. The minimum Gasteiger partial charge on any atom is -0.381 e. The molecule has 0 aromatic heterocycles. The number of hydrogen-bond donors (Lipinski definition) is 3. The Morgan fingerprint density at radius 3 is 2.37 bits per heavy atom. The molecule has 2 aromatic carbocycles. The molecule has 2 aromatic rings. The molecule has 4 atom stereocenters. The van der Waals surface area contributed by atoms with Crippen molar-refractivity contribution in [3.05, 3.63) is 81.7 Å². The number of halogens is 9. The number of rotatable bonds is 7. The van der Waals surface area contributed by atoms with Gasteiger partial charge >= 0.3 is 6.18 Å². The second-order valence-corrected chi connectivity index (χ2v) is 12.8. The lowest BCUT2D eigenvalue weighted by Gasteiger charge is -2.22. The van der Waals surface area contributed by atoms with Crippen molar-refractivity contribution in [2.24, 2.45) is 11.8 Å². The Balaban J connectivity index is 1.28. The van der Waals surface area contributed by atoms with E-state index in [9.17, 15) is 36.3 Å². The van der Waals surface area contributed by atoms with Crippen LogP contribution in [0.1, 0.15) is 36.3 Å². The third-order valence-corrected chi connectivity index (χ3v) is 9.16. The minimum absolute atomic E-state index is 0.0457.